The fourth-order valence-electron chi connectivity index (χ4n) is 3.68. The van der Waals surface area contributed by atoms with Gasteiger partial charge in [0.05, 0.1) is 35.5 Å². The minimum absolute atomic E-state index is 0.0948. The van der Waals surface area contributed by atoms with Crippen LogP contribution in [0.5, 0.6) is 5.75 Å². The van der Waals surface area contributed by atoms with Gasteiger partial charge in [-0.05, 0) is 48.5 Å². The Bertz CT molecular complexity index is 1560. The number of methoxy groups -OCH3 is 1. The zero-order chi connectivity index (χ0) is 29.6. The van der Waals surface area contributed by atoms with Crippen molar-refractivity contribution in [3.8, 4) is 11.4 Å². The van der Waals surface area contributed by atoms with Crippen LogP contribution in [0.4, 0.5) is 24.5 Å². The maximum absolute atomic E-state index is 13.4. The van der Waals surface area contributed by atoms with Gasteiger partial charge in [-0.1, -0.05) is 23.9 Å². The standard InChI is InChI=1S/C26H21F3N6O5S/c1-40-19-12-6-16(7-13-19)31-23(36)15-41-25-33-32-22(34(25)17-8-10-18(11-9-17)35(38)39)14-30-24(37)20-4-2-3-5-21(20)26(27,28)29/h2-13H,14-15H2,1H3,(H,30,37)(H,31,36). The van der Waals surface area contributed by atoms with Gasteiger partial charge in [-0.25, -0.2) is 0 Å². The number of halogens is 3. The molecule has 3 aromatic carbocycles. The van der Waals surface area contributed by atoms with E-state index in [0.717, 1.165) is 23.9 Å². The number of hydrogen-bond donors (Lipinski definition) is 2. The van der Waals surface area contributed by atoms with Crippen LogP contribution in [-0.4, -0.2) is 44.4 Å². The van der Waals surface area contributed by atoms with Crippen molar-refractivity contribution in [3.05, 3.63) is 99.9 Å². The Balaban J connectivity index is 1.54. The monoisotopic (exact) mass is 586 g/mol. The number of nitrogens with one attached hydrogen (secondary N) is 2. The number of rotatable bonds is 10. The van der Waals surface area contributed by atoms with Crippen LogP contribution in [0.2, 0.25) is 0 Å². The lowest BCUT2D eigenvalue weighted by atomic mass is 10.1. The van der Waals surface area contributed by atoms with E-state index in [1.54, 1.807) is 24.3 Å². The lowest BCUT2D eigenvalue weighted by molar-refractivity contribution is -0.384. The summed E-state index contributed by atoms with van der Waals surface area (Å²) in [6.07, 6.45) is -4.73. The first-order valence-electron chi connectivity index (χ1n) is 11.8. The van der Waals surface area contributed by atoms with Gasteiger partial charge < -0.3 is 15.4 Å². The van der Waals surface area contributed by atoms with Gasteiger partial charge in [0.25, 0.3) is 11.6 Å². The lowest BCUT2D eigenvalue weighted by Gasteiger charge is -2.13. The molecule has 0 radical (unpaired) electrons. The second-order valence-electron chi connectivity index (χ2n) is 8.30. The van der Waals surface area contributed by atoms with Gasteiger partial charge in [0, 0.05) is 23.5 Å². The lowest BCUT2D eigenvalue weighted by Crippen LogP contribution is -2.27. The van der Waals surface area contributed by atoms with Gasteiger partial charge in [-0.2, -0.15) is 13.2 Å². The Labute approximate surface area is 234 Å². The third-order valence-electron chi connectivity index (χ3n) is 5.61. The Morgan fingerprint density at radius 1 is 1.02 bits per heavy atom. The van der Waals surface area contributed by atoms with Crippen LogP contribution in [0.15, 0.2) is 78.0 Å². The van der Waals surface area contributed by atoms with Gasteiger partial charge in [-0.15, -0.1) is 10.2 Å². The highest BCUT2D eigenvalue weighted by atomic mass is 32.2. The first-order valence-corrected chi connectivity index (χ1v) is 12.8. The molecule has 0 aliphatic rings. The number of amides is 2. The molecule has 2 N–H and O–H groups in total. The number of hydrogen-bond acceptors (Lipinski definition) is 8. The second-order valence-corrected chi connectivity index (χ2v) is 9.24. The zero-order valence-corrected chi connectivity index (χ0v) is 22.0. The summed E-state index contributed by atoms with van der Waals surface area (Å²) in [6.45, 7) is -0.326. The summed E-state index contributed by atoms with van der Waals surface area (Å²) in [5.41, 5.74) is -0.914. The number of nitro groups is 1. The summed E-state index contributed by atoms with van der Waals surface area (Å²) in [5.74, 6) is -0.700. The summed E-state index contributed by atoms with van der Waals surface area (Å²) in [7, 11) is 1.52. The molecular formula is C26H21F3N6O5S. The van der Waals surface area contributed by atoms with E-state index in [-0.39, 0.29) is 34.9 Å². The van der Waals surface area contributed by atoms with Crippen LogP contribution < -0.4 is 15.4 Å². The number of carbonyl (C=O) groups is 2. The molecule has 0 spiro atoms. The summed E-state index contributed by atoms with van der Waals surface area (Å²) < 4.78 is 46.7. The van der Waals surface area contributed by atoms with Crippen LogP contribution in [0, 0.1) is 10.1 Å². The number of thioether (sulfide) groups is 1. The third-order valence-corrected chi connectivity index (χ3v) is 6.54. The number of non-ortho nitro benzene ring substituents is 1. The molecule has 212 valence electrons. The number of anilines is 1. The molecule has 41 heavy (non-hydrogen) atoms. The molecule has 4 rings (SSSR count). The first-order chi connectivity index (χ1) is 19.6. The molecule has 1 aromatic heterocycles. The Morgan fingerprint density at radius 2 is 1.71 bits per heavy atom. The molecule has 1 heterocycles. The molecule has 0 aliphatic heterocycles. The molecular weight excluding hydrogens is 565 g/mol. The van der Waals surface area contributed by atoms with Gasteiger partial charge >= 0.3 is 6.18 Å². The SMILES string of the molecule is COc1ccc(NC(=O)CSc2nnc(CNC(=O)c3ccccc3C(F)(F)F)n2-c2ccc([N+](=O)[O-])cc2)cc1. The van der Waals surface area contributed by atoms with Crippen LogP contribution in [0.25, 0.3) is 5.69 Å². The number of alkyl halides is 3. The number of benzene rings is 3. The van der Waals surface area contributed by atoms with Crippen molar-refractivity contribution < 1.29 is 32.4 Å². The summed E-state index contributed by atoms with van der Waals surface area (Å²) in [5, 5.41) is 24.6. The van der Waals surface area contributed by atoms with Gasteiger partial charge in [0.15, 0.2) is 11.0 Å². The van der Waals surface area contributed by atoms with Crippen molar-refractivity contribution in [2.24, 2.45) is 0 Å². The highest BCUT2D eigenvalue weighted by Crippen LogP contribution is 2.32. The van der Waals surface area contributed by atoms with E-state index in [1.807, 2.05) is 0 Å². The van der Waals surface area contributed by atoms with Crippen LogP contribution >= 0.6 is 11.8 Å². The zero-order valence-electron chi connectivity index (χ0n) is 21.2. The molecule has 0 saturated carbocycles. The molecule has 0 unspecified atom stereocenters. The van der Waals surface area contributed by atoms with Crippen LogP contribution in [0.3, 0.4) is 0 Å². The molecule has 0 saturated heterocycles. The predicted molar refractivity (Wildman–Crippen MR) is 143 cm³/mol. The van der Waals surface area contributed by atoms with Crippen molar-refractivity contribution in [1.29, 1.82) is 0 Å². The van der Waals surface area contributed by atoms with Crippen molar-refractivity contribution in [3.63, 3.8) is 0 Å². The first kappa shape index (κ1) is 29.1. The molecule has 0 atom stereocenters. The minimum Gasteiger partial charge on any atom is -0.497 e. The van der Waals surface area contributed by atoms with Crippen molar-refractivity contribution in [2.75, 3.05) is 18.2 Å². The van der Waals surface area contributed by atoms with E-state index in [1.165, 1.54) is 48.1 Å². The van der Waals surface area contributed by atoms with Gasteiger partial charge in [0.1, 0.15) is 5.75 Å². The predicted octanol–water partition coefficient (Wildman–Crippen LogP) is 4.86. The van der Waals surface area contributed by atoms with Crippen molar-refractivity contribution >= 4 is 35.0 Å². The highest BCUT2D eigenvalue weighted by Gasteiger charge is 2.34. The maximum atomic E-state index is 13.4. The number of ether oxygens (including phenoxy) is 1. The molecule has 0 bridgehead atoms. The highest BCUT2D eigenvalue weighted by molar-refractivity contribution is 7.99. The minimum atomic E-state index is -4.73. The summed E-state index contributed by atoms with van der Waals surface area (Å²) >= 11 is 1.00. The number of aromatic nitrogens is 3. The molecule has 0 fully saturated rings. The van der Waals surface area contributed by atoms with E-state index in [9.17, 15) is 32.9 Å². The van der Waals surface area contributed by atoms with E-state index in [4.69, 9.17) is 4.74 Å². The fraction of sp³-hybridized carbons (Fsp3) is 0.154. The van der Waals surface area contributed by atoms with Crippen molar-refractivity contribution in [2.45, 2.75) is 17.9 Å². The Kier molecular flexibility index (Phi) is 8.87. The smallest absolute Gasteiger partial charge is 0.417 e. The molecule has 0 aliphatic carbocycles. The summed E-state index contributed by atoms with van der Waals surface area (Å²) in [6, 6.07) is 16.4. The van der Waals surface area contributed by atoms with Gasteiger partial charge in [0.2, 0.25) is 5.91 Å². The average molecular weight is 587 g/mol. The second kappa shape index (κ2) is 12.5. The average Bonchev–Trinajstić information content (AvgIpc) is 3.37. The number of nitrogens with zero attached hydrogens (tertiary/aromatic N) is 4. The maximum Gasteiger partial charge on any atom is 0.417 e. The third kappa shape index (κ3) is 7.19. The summed E-state index contributed by atoms with van der Waals surface area (Å²) in [4.78, 5) is 35.8. The topological polar surface area (TPSA) is 141 Å². The fourth-order valence-corrected chi connectivity index (χ4v) is 4.45. The Hall–Kier alpha value is -4.92. The number of carbonyl (C=O) groups excluding carboxylic acids is 2. The van der Waals surface area contributed by atoms with E-state index < -0.39 is 28.1 Å². The van der Waals surface area contributed by atoms with Crippen LogP contribution in [0.1, 0.15) is 21.7 Å². The van der Waals surface area contributed by atoms with Crippen LogP contribution in [-0.2, 0) is 17.5 Å². The molecule has 2 amide bonds. The number of nitro benzene ring substituents is 1. The van der Waals surface area contributed by atoms with Gasteiger partial charge in [-0.3, -0.25) is 24.3 Å². The van der Waals surface area contributed by atoms with E-state index >= 15 is 0 Å². The quantitative estimate of drug-likeness (QED) is 0.152. The molecule has 11 nitrogen and oxygen atoms in total. The largest absolute Gasteiger partial charge is 0.497 e. The van der Waals surface area contributed by atoms with E-state index in [2.05, 4.69) is 20.8 Å². The normalized spacial score (nSPS) is 11.1. The Morgan fingerprint density at radius 3 is 2.34 bits per heavy atom. The van der Waals surface area contributed by atoms with E-state index in [0.29, 0.717) is 17.1 Å². The van der Waals surface area contributed by atoms with Crippen molar-refractivity contribution in [1.82, 2.24) is 20.1 Å². The molecule has 15 heteroatoms. The molecule has 4 aromatic rings.